The Kier molecular flexibility index (Phi) is 5.40. The van der Waals surface area contributed by atoms with Crippen LogP contribution in [0.3, 0.4) is 0 Å². The van der Waals surface area contributed by atoms with Crippen molar-refractivity contribution in [2.75, 3.05) is 13.1 Å². The van der Waals surface area contributed by atoms with Crippen molar-refractivity contribution in [1.82, 2.24) is 10.2 Å². The van der Waals surface area contributed by atoms with Crippen LogP contribution in [0.4, 0.5) is 0 Å². The normalized spacial score (nSPS) is 20.9. The van der Waals surface area contributed by atoms with E-state index in [9.17, 15) is 9.90 Å². The first-order chi connectivity index (χ1) is 7.91. The van der Waals surface area contributed by atoms with E-state index in [1.807, 2.05) is 13.8 Å². The van der Waals surface area contributed by atoms with Gasteiger partial charge in [0.1, 0.15) is 0 Å². The van der Waals surface area contributed by atoms with Crippen molar-refractivity contribution in [3.63, 3.8) is 0 Å². The number of hydrogen-bond donors (Lipinski definition) is 2. The standard InChI is InChI=1S/C13H26N2O2/c1-9(2)12(13(17)14-10(3)4)15-7-5-11(16)6-8-15/h9-12,16H,5-8H2,1-4H3,(H,14,17)/t12-/m0/s1. The topological polar surface area (TPSA) is 52.6 Å². The van der Waals surface area contributed by atoms with E-state index < -0.39 is 0 Å². The molecule has 1 atom stereocenters. The van der Waals surface area contributed by atoms with Gasteiger partial charge < -0.3 is 10.4 Å². The molecule has 0 aliphatic carbocycles. The molecule has 0 spiro atoms. The van der Waals surface area contributed by atoms with Crippen molar-refractivity contribution in [3.8, 4) is 0 Å². The third-order valence-corrected chi connectivity index (χ3v) is 3.22. The number of likely N-dealkylation sites (tertiary alicyclic amines) is 1. The van der Waals surface area contributed by atoms with Gasteiger partial charge in [0.25, 0.3) is 0 Å². The van der Waals surface area contributed by atoms with E-state index in [1.165, 1.54) is 0 Å². The molecule has 1 aliphatic rings. The van der Waals surface area contributed by atoms with Crippen molar-refractivity contribution in [2.24, 2.45) is 5.92 Å². The average molecular weight is 242 g/mol. The lowest BCUT2D eigenvalue weighted by atomic mass is 9.97. The van der Waals surface area contributed by atoms with Crippen LogP contribution in [0.1, 0.15) is 40.5 Å². The number of nitrogens with zero attached hydrogens (tertiary/aromatic N) is 1. The second kappa shape index (κ2) is 6.36. The fraction of sp³-hybridized carbons (Fsp3) is 0.923. The van der Waals surface area contributed by atoms with Crippen LogP contribution in [0.15, 0.2) is 0 Å². The Morgan fingerprint density at radius 3 is 2.18 bits per heavy atom. The maximum Gasteiger partial charge on any atom is 0.237 e. The highest BCUT2D eigenvalue weighted by molar-refractivity contribution is 5.82. The minimum Gasteiger partial charge on any atom is -0.393 e. The van der Waals surface area contributed by atoms with E-state index in [-0.39, 0.29) is 24.1 Å². The average Bonchev–Trinajstić information content (AvgIpc) is 2.19. The molecule has 1 fully saturated rings. The lowest BCUT2D eigenvalue weighted by Crippen LogP contribution is -2.54. The van der Waals surface area contributed by atoms with E-state index in [2.05, 4.69) is 24.1 Å². The molecule has 0 saturated carbocycles. The monoisotopic (exact) mass is 242 g/mol. The van der Waals surface area contributed by atoms with Gasteiger partial charge in [0.2, 0.25) is 5.91 Å². The molecule has 4 nitrogen and oxygen atoms in total. The van der Waals surface area contributed by atoms with Crippen molar-refractivity contribution in [3.05, 3.63) is 0 Å². The lowest BCUT2D eigenvalue weighted by Gasteiger charge is -2.37. The Bertz CT molecular complexity index is 246. The van der Waals surface area contributed by atoms with Crippen LogP contribution in [0.25, 0.3) is 0 Å². The van der Waals surface area contributed by atoms with Gasteiger partial charge in [-0.2, -0.15) is 0 Å². The van der Waals surface area contributed by atoms with Gasteiger partial charge >= 0.3 is 0 Å². The summed E-state index contributed by atoms with van der Waals surface area (Å²) < 4.78 is 0. The molecule has 100 valence electrons. The van der Waals surface area contributed by atoms with Gasteiger partial charge in [-0.25, -0.2) is 0 Å². The third-order valence-electron chi connectivity index (χ3n) is 3.22. The highest BCUT2D eigenvalue weighted by atomic mass is 16.3. The summed E-state index contributed by atoms with van der Waals surface area (Å²) >= 11 is 0. The van der Waals surface area contributed by atoms with Crippen LogP contribution < -0.4 is 5.32 Å². The SMILES string of the molecule is CC(C)NC(=O)[C@H](C(C)C)N1CCC(O)CC1. The summed E-state index contributed by atoms with van der Waals surface area (Å²) in [5.41, 5.74) is 0. The molecule has 1 heterocycles. The molecule has 2 N–H and O–H groups in total. The summed E-state index contributed by atoms with van der Waals surface area (Å²) in [5, 5.41) is 12.5. The Morgan fingerprint density at radius 1 is 1.24 bits per heavy atom. The summed E-state index contributed by atoms with van der Waals surface area (Å²) in [5.74, 6) is 0.412. The number of amides is 1. The van der Waals surface area contributed by atoms with Crippen LogP contribution in [-0.2, 0) is 4.79 Å². The Hall–Kier alpha value is -0.610. The molecular weight excluding hydrogens is 216 g/mol. The summed E-state index contributed by atoms with van der Waals surface area (Å²) in [6.07, 6.45) is 1.36. The molecule has 0 aromatic carbocycles. The highest BCUT2D eigenvalue weighted by Gasteiger charge is 2.31. The first kappa shape index (κ1) is 14.5. The van der Waals surface area contributed by atoms with Crippen molar-refractivity contribution < 1.29 is 9.90 Å². The predicted molar refractivity (Wildman–Crippen MR) is 68.7 cm³/mol. The quantitative estimate of drug-likeness (QED) is 0.773. The molecule has 0 aromatic heterocycles. The minimum atomic E-state index is -0.188. The molecule has 1 saturated heterocycles. The zero-order valence-electron chi connectivity index (χ0n) is 11.4. The van der Waals surface area contributed by atoms with Gasteiger partial charge in [-0.3, -0.25) is 9.69 Å². The zero-order chi connectivity index (χ0) is 13.0. The van der Waals surface area contributed by atoms with Crippen molar-refractivity contribution >= 4 is 5.91 Å². The van der Waals surface area contributed by atoms with Gasteiger partial charge in [0.15, 0.2) is 0 Å². The van der Waals surface area contributed by atoms with E-state index >= 15 is 0 Å². The van der Waals surface area contributed by atoms with Gasteiger partial charge in [-0.15, -0.1) is 0 Å². The zero-order valence-corrected chi connectivity index (χ0v) is 11.4. The van der Waals surface area contributed by atoms with Crippen LogP contribution in [0.2, 0.25) is 0 Å². The molecule has 1 rings (SSSR count). The molecule has 4 heteroatoms. The molecule has 0 unspecified atom stereocenters. The van der Waals surface area contributed by atoms with E-state index in [4.69, 9.17) is 0 Å². The molecule has 1 aliphatic heterocycles. The summed E-state index contributed by atoms with van der Waals surface area (Å²) in [6, 6.07) is 0.115. The molecule has 17 heavy (non-hydrogen) atoms. The number of aliphatic hydroxyl groups is 1. The van der Waals surface area contributed by atoms with Gasteiger partial charge in [-0.05, 0) is 32.6 Å². The number of aliphatic hydroxyl groups excluding tert-OH is 1. The molecule has 0 radical (unpaired) electrons. The Balaban J connectivity index is 2.62. The summed E-state index contributed by atoms with van der Waals surface area (Å²) in [7, 11) is 0. The first-order valence-electron chi connectivity index (χ1n) is 6.64. The van der Waals surface area contributed by atoms with Crippen LogP contribution in [-0.4, -0.2) is 47.2 Å². The number of rotatable bonds is 4. The van der Waals surface area contributed by atoms with Gasteiger partial charge in [0.05, 0.1) is 12.1 Å². The molecule has 1 amide bonds. The molecule has 0 bridgehead atoms. The third kappa shape index (κ3) is 4.28. The summed E-state index contributed by atoms with van der Waals surface area (Å²) in [4.78, 5) is 14.4. The fourth-order valence-corrected chi connectivity index (χ4v) is 2.42. The number of piperidine rings is 1. The second-order valence-electron chi connectivity index (χ2n) is 5.62. The Morgan fingerprint density at radius 2 is 1.76 bits per heavy atom. The van der Waals surface area contributed by atoms with Crippen molar-refractivity contribution in [2.45, 2.75) is 58.7 Å². The summed E-state index contributed by atoms with van der Waals surface area (Å²) in [6.45, 7) is 9.75. The molecular formula is C13H26N2O2. The highest BCUT2D eigenvalue weighted by Crippen LogP contribution is 2.18. The Labute approximate surface area is 104 Å². The van der Waals surface area contributed by atoms with Crippen LogP contribution in [0.5, 0.6) is 0 Å². The smallest absolute Gasteiger partial charge is 0.237 e. The van der Waals surface area contributed by atoms with Gasteiger partial charge in [-0.1, -0.05) is 13.8 Å². The predicted octanol–water partition coefficient (Wildman–Crippen LogP) is 0.992. The molecule has 0 aromatic rings. The van der Waals surface area contributed by atoms with Crippen LogP contribution >= 0.6 is 0 Å². The first-order valence-corrected chi connectivity index (χ1v) is 6.64. The minimum absolute atomic E-state index is 0.0649. The maximum absolute atomic E-state index is 12.2. The van der Waals surface area contributed by atoms with Crippen LogP contribution in [0, 0.1) is 5.92 Å². The van der Waals surface area contributed by atoms with E-state index in [1.54, 1.807) is 0 Å². The van der Waals surface area contributed by atoms with E-state index in [0.29, 0.717) is 5.92 Å². The number of hydrogen-bond acceptors (Lipinski definition) is 3. The van der Waals surface area contributed by atoms with Gasteiger partial charge in [0, 0.05) is 19.1 Å². The van der Waals surface area contributed by atoms with E-state index in [0.717, 1.165) is 25.9 Å². The number of carbonyl (C=O) groups is 1. The maximum atomic E-state index is 12.2. The largest absolute Gasteiger partial charge is 0.393 e. The number of carbonyl (C=O) groups excluding carboxylic acids is 1. The van der Waals surface area contributed by atoms with Crippen molar-refractivity contribution in [1.29, 1.82) is 0 Å². The fourth-order valence-electron chi connectivity index (χ4n) is 2.42. The second-order valence-corrected chi connectivity index (χ2v) is 5.62. The lowest BCUT2D eigenvalue weighted by molar-refractivity contribution is -0.129. The number of nitrogens with one attached hydrogen (secondary N) is 1.